The number of nitro benzene ring substituents is 1. The Hall–Kier alpha value is -2.22. The van der Waals surface area contributed by atoms with Gasteiger partial charge in [0.15, 0.2) is 0 Å². The van der Waals surface area contributed by atoms with Crippen LogP contribution in [0.15, 0.2) is 34.1 Å². The highest BCUT2D eigenvalue weighted by atomic mass is 32.2. The van der Waals surface area contributed by atoms with Crippen LogP contribution in [0.4, 0.5) is 5.69 Å². The average molecular weight is 281 g/mol. The maximum atomic E-state index is 12.4. The van der Waals surface area contributed by atoms with Gasteiger partial charge in [-0.25, -0.2) is 8.42 Å². The lowest BCUT2D eigenvalue weighted by atomic mass is 10.3. The van der Waals surface area contributed by atoms with Crippen LogP contribution in [-0.2, 0) is 9.84 Å². The molecule has 1 heterocycles. The van der Waals surface area contributed by atoms with Crippen LogP contribution in [0.25, 0.3) is 0 Å². The molecule has 0 aliphatic carbocycles. The van der Waals surface area contributed by atoms with E-state index in [1.165, 1.54) is 12.1 Å². The van der Waals surface area contributed by atoms with Crippen LogP contribution in [0.2, 0.25) is 0 Å². The monoisotopic (exact) mass is 281 g/mol. The van der Waals surface area contributed by atoms with Crippen molar-refractivity contribution in [1.82, 2.24) is 10.2 Å². The van der Waals surface area contributed by atoms with Gasteiger partial charge in [0, 0.05) is 12.1 Å². The molecule has 1 aromatic carbocycles. The summed E-state index contributed by atoms with van der Waals surface area (Å²) in [4.78, 5) is 10.1. The van der Waals surface area contributed by atoms with Crippen LogP contribution < -0.4 is 0 Å². The molecular weight excluding hydrogens is 270 g/mol. The molecule has 2 rings (SSSR count). The Labute approximate surface area is 109 Å². The molecule has 0 amide bonds. The summed E-state index contributed by atoms with van der Waals surface area (Å²) in [7, 11) is -3.72. The van der Waals surface area contributed by atoms with Crippen LogP contribution in [0.5, 0.6) is 0 Å². The summed E-state index contributed by atoms with van der Waals surface area (Å²) in [6.45, 7) is 3.19. The summed E-state index contributed by atoms with van der Waals surface area (Å²) in [6.07, 6.45) is 0. The van der Waals surface area contributed by atoms with Gasteiger partial charge in [-0.2, -0.15) is 5.10 Å². The van der Waals surface area contributed by atoms with Crippen LogP contribution in [0.3, 0.4) is 0 Å². The first-order valence-corrected chi connectivity index (χ1v) is 6.83. The van der Waals surface area contributed by atoms with E-state index in [2.05, 4.69) is 10.2 Å². The summed E-state index contributed by atoms with van der Waals surface area (Å²) < 4.78 is 24.8. The van der Waals surface area contributed by atoms with Crippen LogP contribution >= 0.6 is 0 Å². The number of nitrogens with zero attached hydrogens (tertiary/aromatic N) is 2. The Morgan fingerprint density at radius 2 is 1.79 bits per heavy atom. The topological polar surface area (TPSA) is 106 Å². The van der Waals surface area contributed by atoms with Crippen LogP contribution in [0.1, 0.15) is 11.4 Å². The molecule has 19 heavy (non-hydrogen) atoms. The third kappa shape index (κ3) is 2.22. The highest BCUT2D eigenvalue weighted by Crippen LogP contribution is 2.26. The molecule has 0 saturated carbocycles. The van der Waals surface area contributed by atoms with E-state index in [0.29, 0.717) is 11.4 Å². The minimum Gasteiger partial charge on any atom is -0.281 e. The van der Waals surface area contributed by atoms with Crippen molar-refractivity contribution in [2.24, 2.45) is 0 Å². The van der Waals surface area contributed by atoms with Gasteiger partial charge in [-0.05, 0) is 26.0 Å². The van der Waals surface area contributed by atoms with Gasteiger partial charge in [-0.15, -0.1) is 0 Å². The van der Waals surface area contributed by atoms with Gasteiger partial charge in [0.25, 0.3) is 5.69 Å². The smallest absolute Gasteiger partial charge is 0.269 e. The molecule has 1 aromatic heterocycles. The third-order valence-electron chi connectivity index (χ3n) is 2.69. The lowest BCUT2D eigenvalue weighted by Gasteiger charge is -2.04. The average Bonchev–Trinajstić information content (AvgIpc) is 2.69. The third-order valence-corrected chi connectivity index (χ3v) is 4.72. The van der Waals surface area contributed by atoms with Crippen molar-refractivity contribution in [1.29, 1.82) is 0 Å². The fourth-order valence-corrected chi connectivity index (χ4v) is 3.41. The van der Waals surface area contributed by atoms with E-state index >= 15 is 0 Å². The Balaban J connectivity index is 2.54. The predicted molar refractivity (Wildman–Crippen MR) is 66.6 cm³/mol. The lowest BCUT2D eigenvalue weighted by molar-refractivity contribution is -0.384. The number of aromatic nitrogens is 2. The Kier molecular flexibility index (Phi) is 3.11. The molecule has 0 saturated heterocycles. The number of rotatable bonds is 3. The van der Waals surface area contributed by atoms with Gasteiger partial charge >= 0.3 is 0 Å². The predicted octanol–water partition coefficient (Wildman–Crippen LogP) is 1.77. The minimum absolute atomic E-state index is 0.00528. The van der Waals surface area contributed by atoms with E-state index in [-0.39, 0.29) is 15.5 Å². The van der Waals surface area contributed by atoms with E-state index in [1.54, 1.807) is 13.8 Å². The first-order chi connectivity index (χ1) is 8.84. The summed E-state index contributed by atoms with van der Waals surface area (Å²) >= 11 is 0. The molecule has 0 aliphatic rings. The molecule has 1 N–H and O–H groups in total. The van der Waals surface area contributed by atoms with Crippen molar-refractivity contribution in [3.8, 4) is 0 Å². The summed E-state index contributed by atoms with van der Waals surface area (Å²) in [5.41, 5.74) is 0.659. The number of aromatic amines is 1. The summed E-state index contributed by atoms with van der Waals surface area (Å²) in [6, 6.07) is 4.77. The van der Waals surface area contributed by atoms with Crippen molar-refractivity contribution in [2.75, 3.05) is 0 Å². The van der Waals surface area contributed by atoms with Crippen molar-refractivity contribution in [2.45, 2.75) is 23.6 Å². The zero-order chi connectivity index (χ0) is 14.2. The van der Waals surface area contributed by atoms with Gasteiger partial charge < -0.3 is 0 Å². The fraction of sp³-hybridized carbons (Fsp3) is 0.182. The normalized spacial score (nSPS) is 11.5. The number of H-pyrrole nitrogens is 1. The Morgan fingerprint density at radius 3 is 2.21 bits per heavy atom. The standard InChI is InChI=1S/C11H11N3O4S/c1-7-11(8(2)13-12-7)19(17,18)10-5-3-9(4-6-10)14(15)16/h3-6H,1-2H3,(H,12,13). The Bertz CT molecular complexity index is 712. The van der Waals surface area contributed by atoms with E-state index in [4.69, 9.17) is 0 Å². The second kappa shape index (κ2) is 4.47. The van der Waals surface area contributed by atoms with Crippen molar-refractivity contribution < 1.29 is 13.3 Å². The molecule has 0 unspecified atom stereocenters. The van der Waals surface area contributed by atoms with Crippen LogP contribution in [-0.4, -0.2) is 23.5 Å². The molecule has 100 valence electrons. The first kappa shape index (κ1) is 13.2. The van der Waals surface area contributed by atoms with Gasteiger partial charge in [0.1, 0.15) is 4.90 Å². The molecule has 7 nitrogen and oxygen atoms in total. The number of benzene rings is 1. The number of nitro groups is 1. The van der Waals surface area contributed by atoms with Crippen molar-refractivity contribution in [3.05, 3.63) is 45.8 Å². The first-order valence-electron chi connectivity index (χ1n) is 5.35. The van der Waals surface area contributed by atoms with E-state index < -0.39 is 14.8 Å². The van der Waals surface area contributed by atoms with Gasteiger partial charge in [0.2, 0.25) is 9.84 Å². The molecule has 0 bridgehead atoms. The number of hydrogen-bond donors (Lipinski definition) is 1. The van der Waals surface area contributed by atoms with Crippen molar-refractivity contribution in [3.63, 3.8) is 0 Å². The number of aryl methyl sites for hydroxylation is 2. The van der Waals surface area contributed by atoms with Crippen LogP contribution in [0, 0.1) is 24.0 Å². The quantitative estimate of drug-likeness (QED) is 0.681. The summed E-state index contributed by atoms with van der Waals surface area (Å²) in [5, 5.41) is 17.0. The Morgan fingerprint density at radius 1 is 1.21 bits per heavy atom. The zero-order valence-corrected chi connectivity index (χ0v) is 11.1. The molecule has 0 aliphatic heterocycles. The number of hydrogen-bond acceptors (Lipinski definition) is 5. The highest BCUT2D eigenvalue weighted by molar-refractivity contribution is 7.91. The van der Waals surface area contributed by atoms with E-state index in [1.807, 2.05) is 0 Å². The largest absolute Gasteiger partial charge is 0.281 e. The molecule has 8 heteroatoms. The van der Waals surface area contributed by atoms with Gasteiger partial charge in [0.05, 0.1) is 21.2 Å². The summed E-state index contributed by atoms with van der Waals surface area (Å²) in [5.74, 6) is 0. The second-order valence-electron chi connectivity index (χ2n) is 4.02. The highest BCUT2D eigenvalue weighted by Gasteiger charge is 2.25. The van der Waals surface area contributed by atoms with Gasteiger partial charge in [-0.1, -0.05) is 0 Å². The zero-order valence-electron chi connectivity index (χ0n) is 10.2. The number of non-ortho nitro benzene ring substituents is 1. The lowest BCUT2D eigenvalue weighted by Crippen LogP contribution is -2.04. The molecule has 2 aromatic rings. The molecule has 0 fully saturated rings. The SMILES string of the molecule is Cc1n[nH]c(C)c1S(=O)(=O)c1ccc([N+](=O)[O-])cc1. The van der Waals surface area contributed by atoms with Crippen molar-refractivity contribution >= 4 is 15.5 Å². The fourth-order valence-electron chi connectivity index (χ4n) is 1.80. The van der Waals surface area contributed by atoms with E-state index in [0.717, 1.165) is 12.1 Å². The van der Waals surface area contributed by atoms with E-state index in [9.17, 15) is 18.5 Å². The maximum Gasteiger partial charge on any atom is 0.269 e. The second-order valence-corrected chi connectivity index (χ2v) is 5.90. The van der Waals surface area contributed by atoms with Gasteiger partial charge in [-0.3, -0.25) is 15.2 Å². The minimum atomic E-state index is -3.72. The maximum absolute atomic E-state index is 12.4. The number of nitrogens with one attached hydrogen (secondary N) is 1. The molecule has 0 radical (unpaired) electrons. The number of sulfone groups is 1. The molecule has 0 spiro atoms. The molecule has 0 atom stereocenters. The molecular formula is C11H11N3O4S.